The van der Waals surface area contributed by atoms with Gasteiger partial charge >= 0.3 is 5.97 Å². The van der Waals surface area contributed by atoms with Gasteiger partial charge in [0.1, 0.15) is 0 Å². The lowest BCUT2D eigenvalue weighted by molar-refractivity contribution is -0.137. The van der Waals surface area contributed by atoms with Gasteiger partial charge in [0.2, 0.25) is 0 Å². The van der Waals surface area contributed by atoms with E-state index in [0.717, 1.165) is 10.9 Å². The van der Waals surface area contributed by atoms with Crippen LogP contribution in [0.15, 0.2) is 24.4 Å². The second kappa shape index (κ2) is 4.39. The summed E-state index contributed by atoms with van der Waals surface area (Å²) >= 11 is 6.25. The fourth-order valence-electron chi connectivity index (χ4n) is 1.92. The molecule has 1 unspecified atom stereocenters. The van der Waals surface area contributed by atoms with E-state index < -0.39 is 12.0 Å². The smallest absolute Gasteiger partial charge is 0.305 e. The highest BCUT2D eigenvalue weighted by atomic mass is 35.5. The number of hydrogen-bond acceptors (Lipinski definition) is 2. The number of fused-ring (bicyclic) bond motifs is 1. The molecule has 2 aromatic rings. The highest BCUT2D eigenvalue weighted by Crippen LogP contribution is 2.31. The number of aliphatic carboxylic acids is 1. The monoisotopic (exact) mass is 252 g/mol. The highest BCUT2D eigenvalue weighted by Gasteiger charge is 2.16. The van der Waals surface area contributed by atoms with E-state index in [4.69, 9.17) is 22.4 Å². The van der Waals surface area contributed by atoms with Gasteiger partial charge in [-0.25, -0.2) is 0 Å². The van der Waals surface area contributed by atoms with Crippen LogP contribution in [0.1, 0.15) is 18.0 Å². The first-order valence-corrected chi connectivity index (χ1v) is 5.59. The number of aryl methyl sites for hydroxylation is 1. The van der Waals surface area contributed by atoms with E-state index in [9.17, 15) is 4.79 Å². The Hall–Kier alpha value is -1.52. The summed E-state index contributed by atoms with van der Waals surface area (Å²) in [7, 11) is 1.93. The molecule has 0 saturated heterocycles. The molecule has 0 fully saturated rings. The molecule has 0 amide bonds. The summed E-state index contributed by atoms with van der Waals surface area (Å²) in [6.45, 7) is 0. The summed E-state index contributed by atoms with van der Waals surface area (Å²) in [5.41, 5.74) is 7.50. The molecule has 0 radical (unpaired) electrons. The van der Waals surface area contributed by atoms with Crippen LogP contribution in [0.25, 0.3) is 10.9 Å². The van der Waals surface area contributed by atoms with Crippen LogP contribution in [-0.4, -0.2) is 15.6 Å². The van der Waals surface area contributed by atoms with Gasteiger partial charge in [0.25, 0.3) is 0 Å². The van der Waals surface area contributed by atoms with Crippen molar-refractivity contribution in [1.29, 1.82) is 0 Å². The third-order valence-corrected chi connectivity index (χ3v) is 3.25. The second-order valence-electron chi connectivity index (χ2n) is 4.03. The number of rotatable bonds is 3. The van der Waals surface area contributed by atoms with Gasteiger partial charge in [-0.3, -0.25) is 4.79 Å². The van der Waals surface area contributed by atoms with Crippen LogP contribution in [0, 0.1) is 0 Å². The van der Waals surface area contributed by atoms with Gasteiger partial charge < -0.3 is 15.4 Å². The second-order valence-corrected chi connectivity index (χ2v) is 4.41. The van der Waals surface area contributed by atoms with Crippen LogP contribution in [-0.2, 0) is 11.8 Å². The molecule has 0 aliphatic rings. The molecule has 4 nitrogen and oxygen atoms in total. The summed E-state index contributed by atoms with van der Waals surface area (Å²) < 4.78 is 1.95. The number of benzene rings is 1. The molecule has 0 aliphatic carbocycles. The van der Waals surface area contributed by atoms with Crippen molar-refractivity contribution in [2.75, 3.05) is 0 Å². The Morgan fingerprint density at radius 1 is 1.53 bits per heavy atom. The highest BCUT2D eigenvalue weighted by molar-refractivity contribution is 6.36. The topological polar surface area (TPSA) is 68.2 Å². The van der Waals surface area contributed by atoms with Crippen molar-refractivity contribution in [1.82, 2.24) is 4.57 Å². The summed E-state index contributed by atoms with van der Waals surface area (Å²) in [6.07, 6.45) is 1.78. The summed E-state index contributed by atoms with van der Waals surface area (Å²) in [6, 6.07) is 5.01. The lowest BCUT2D eigenvalue weighted by Gasteiger charge is -2.12. The number of carbonyl (C=O) groups is 1. The minimum absolute atomic E-state index is 0.127. The fraction of sp³-hybridized carbons (Fsp3) is 0.250. The van der Waals surface area contributed by atoms with E-state index in [1.165, 1.54) is 0 Å². The van der Waals surface area contributed by atoms with Crippen molar-refractivity contribution >= 4 is 28.5 Å². The Kier molecular flexibility index (Phi) is 3.09. The Morgan fingerprint density at radius 2 is 2.24 bits per heavy atom. The molecule has 5 heteroatoms. The van der Waals surface area contributed by atoms with Crippen molar-refractivity contribution in [3.8, 4) is 0 Å². The van der Waals surface area contributed by atoms with Crippen LogP contribution in [0.5, 0.6) is 0 Å². The number of nitrogens with zero attached hydrogens (tertiary/aromatic N) is 1. The molecular formula is C12H13ClN2O2. The largest absolute Gasteiger partial charge is 0.481 e. The van der Waals surface area contributed by atoms with Crippen molar-refractivity contribution in [2.24, 2.45) is 12.8 Å². The minimum Gasteiger partial charge on any atom is -0.481 e. The Bertz CT molecular complexity index is 577. The van der Waals surface area contributed by atoms with Gasteiger partial charge in [0.05, 0.1) is 11.4 Å². The van der Waals surface area contributed by atoms with E-state index in [-0.39, 0.29) is 6.42 Å². The normalized spacial score (nSPS) is 12.9. The van der Waals surface area contributed by atoms with Gasteiger partial charge in [-0.05, 0) is 17.7 Å². The van der Waals surface area contributed by atoms with E-state index in [1.54, 1.807) is 6.07 Å². The SMILES string of the molecule is Cn1ccc2c(Cl)c(C(N)CC(=O)O)ccc21. The van der Waals surface area contributed by atoms with Crippen LogP contribution in [0.2, 0.25) is 5.02 Å². The third kappa shape index (κ3) is 2.14. The lowest BCUT2D eigenvalue weighted by atomic mass is 10.0. The molecule has 2 rings (SSSR count). The van der Waals surface area contributed by atoms with E-state index in [1.807, 2.05) is 29.9 Å². The number of hydrogen-bond donors (Lipinski definition) is 2. The molecule has 0 bridgehead atoms. The molecule has 3 N–H and O–H groups in total. The van der Waals surface area contributed by atoms with Gasteiger partial charge in [-0.2, -0.15) is 0 Å². The molecule has 1 aromatic heterocycles. The maximum atomic E-state index is 10.6. The standard InChI is InChI=1S/C12H13ClN2O2/c1-15-5-4-8-10(15)3-2-7(12(8)13)9(14)6-11(16)17/h2-5,9H,6,14H2,1H3,(H,16,17). The number of carboxylic acids is 1. The zero-order valence-electron chi connectivity index (χ0n) is 9.35. The molecule has 1 heterocycles. The zero-order valence-corrected chi connectivity index (χ0v) is 10.1. The zero-order chi connectivity index (χ0) is 12.6. The number of nitrogens with two attached hydrogens (primary N) is 1. The average Bonchev–Trinajstić information content (AvgIpc) is 2.61. The van der Waals surface area contributed by atoms with Crippen molar-refractivity contribution in [3.05, 3.63) is 35.0 Å². The predicted molar refractivity (Wildman–Crippen MR) is 67.1 cm³/mol. The van der Waals surface area contributed by atoms with Gasteiger partial charge in [0.15, 0.2) is 0 Å². The molecule has 1 atom stereocenters. The summed E-state index contributed by atoms with van der Waals surface area (Å²) in [5.74, 6) is -0.929. The van der Waals surface area contributed by atoms with Crippen LogP contribution < -0.4 is 5.73 Å². The molecule has 1 aromatic carbocycles. The van der Waals surface area contributed by atoms with Gasteiger partial charge in [-0.15, -0.1) is 0 Å². The number of aromatic nitrogens is 1. The molecule has 17 heavy (non-hydrogen) atoms. The van der Waals surface area contributed by atoms with Crippen molar-refractivity contribution < 1.29 is 9.90 Å². The van der Waals surface area contributed by atoms with E-state index >= 15 is 0 Å². The van der Waals surface area contributed by atoms with Crippen LogP contribution >= 0.6 is 11.6 Å². The molecular weight excluding hydrogens is 240 g/mol. The Labute approximate surface area is 104 Å². The molecule has 0 aliphatic heterocycles. The van der Waals surface area contributed by atoms with Gasteiger partial charge in [0, 0.05) is 30.2 Å². The lowest BCUT2D eigenvalue weighted by Crippen LogP contribution is -2.15. The van der Waals surface area contributed by atoms with Crippen molar-refractivity contribution in [2.45, 2.75) is 12.5 Å². The maximum absolute atomic E-state index is 10.6. The van der Waals surface area contributed by atoms with E-state index in [2.05, 4.69) is 0 Å². The van der Waals surface area contributed by atoms with Gasteiger partial charge in [-0.1, -0.05) is 17.7 Å². The number of carboxylic acid groups (broad SMARTS) is 1. The van der Waals surface area contributed by atoms with E-state index in [0.29, 0.717) is 10.6 Å². The number of halogens is 1. The van der Waals surface area contributed by atoms with Crippen LogP contribution in [0.4, 0.5) is 0 Å². The fourth-order valence-corrected chi connectivity index (χ4v) is 2.28. The predicted octanol–water partition coefficient (Wildman–Crippen LogP) is 2.31. The molecule has 0 saturated carbocycles. The minimum atomic E-state index is -0.929. The van der Waals surface area contributed by atoms with Crippen LogP contribution in [0.3, 0.4) is 0 Å². The van der Waals surface area contributed by atoms with Crippen molar-refractivity contribution in [3.63, 3.8) is 0 Å². The Balaban J connectivity index is 2.49. The first kappa shape index (κ1) is 12.0. The first-order valence-electron chi connectivity index (χ1n) is 5.21. The first-order chi connectivity index (χ1) is 8.00. The maximum Gasteiger partial charge on any atom is 0.305 e. The Morgan fingerprint density at radius 3 is 2.88 bits per heavy atom. The quantitative estimate of drug-likeness (QED) is 0.881. The average molecular weight is 253 g/mol. The molecule has 90 valence electrons. The third-order valence-electron chi connectivity index (χ3n) is 2.83. The molecule has 0 spiro atoms. The summed E-state index contributed by atoms with van der Waals surface area (Å²) in [4.78, 5) is 10.6. The summed E-state index contributed by atoms with van der Waals surface area (Å²) in [5, 5.41) is 10.2.